The van der Waals surface area contributed by atoms with Crippen molar-refractivity contribution in [2.75, 3.05) is 12.4 Å². The molecule has 1 atom stereocenters. The third-order valence-electron chi connectivity index (χ3n) is 4.01. The van der Waals surface area contributed by atoms with Crippen LogP contribution in [0.2, 0.25) is 5.02 Å². The van der Waals surface area contributed by atoms with Gasteiger partial charge < -0.3 is 10.1 Å². The van der Waals surface area contributed by atoms with Gasteiger partial charge in [-0.15, -0.1) is 0 Å². The van der Waals surface area contributed by atoms with E-state index in [1.165, 1.54) is 20.1 Å². The van der Waals surface area contributed by atoms with Crippen LogP contribution in [0.3, 0.4) is 0 Å². The molecule has 0 spiro atoms. The van der Waals surface area contributed by atoms with Crippen molar-refractivity contribution in [2.45, 2.75) is 13.0 Å². The highest BCUT2D eigenvalue weighted by Crippen LogP contribution is 2.28. The normalized spacial score (nSPS) is 14.3. The summed E-state index contributed by atoms with van der Waals surface area (Å²) in [5.74, 6) is -0.962. The van der Waals surface area contributed by atoms with Crippen molar-refractivity contribution in [3.8, 4) is 5.75 Å². The molecule has 1 N–H and O–H groups in total. The van der Waals surface area contributed by atoms with Crippen molar-refractivity contribution in [2.24, 2.45) is 0 Å². The lowest BCUT2D eigenvalue weighted by Gasteiger charge is -2.21. The van der Waals surface area contributed by atoms with Crippen molar-refractivity contribution in [1.29, 1.82) is 0 Å². The van der Waals surface area contributed by atoms with Gasteiger partial charge in [0, 0.05) is 5.69 Å². The highest BCUT2D eigenvalue weighted by molar-refractivity contribution is 6.32. The van der Waals surface area contributed by atoms with Gasteiger partial charge >= 0.3 is 0 Å². The SMILES string of the molecule is COc1ccc(NC(=O)[C@H](C)N2C(=O)c3ccccc3C2=O)cc1Cl. The first-order valence-corrected chi connectivity index (χ1v) is 7.93. The van der Waals surface area contributed by atoms with Crippen LogP contribution in [0, 0.1) is 0 Å². The van der Waals surface area contributed by atoms with Gasteiger partial charge in [0.25, 0.3) is 11.8 Å². The largest absolute Gasteiger partial charge is 0.495 e. The van der Waals surface area contributed by atoms with Gasteiger partial charge in [0.05, 0.1) is 23.3 Å². The highest BCUT2D eigenvalue weighted by atomic mass is 35.5. The van der Waals surface area contributed by atoms with E-state index in [0.717, 1.165) is 4.90 Å². The number of benzene rings is 2. The Bertz CT molecular complexity index is 846. The summed E-state index contributed by atoms with van der Waals surface area (Å²) in [4.78, 5) is 38.3. The lowest BCUT2D eigenvalue weighted by molar-refractivity contribution is -0.119. The highest BCUT2D eigenvalue weighted by Gasteiger charge is 2.40. The fraction of sp³-hybridized carbons (Fsp3) is 0.167. The Labute approximate surface area is 149 Å². The van der Waals surface area contributed by atoms with Gasteiger partial charge in [-0.05, 0) is 37.3 Å². The molecular weight excluding hydrogens is 344 g/mol. The fourth-order valence-electron chi connectivity index (χ4n) is 2.67. The van der Waals surface area contributed by atoms with Crippen LogP contribution in [0.4, 0.5) is 5.69 Å². The van der Waals surface area contributed by atoms with Gasteiger partial charge in [-0.1, -0.05) is 23.7 Å². The summed E-state index contributed by atoms with van der Waals surface area (Å²) in [6.07, 6.45) is 0. The summed E-state index contributed by atoms with van der Waals surface area (Å²) in [5, 5.41) is 2.99. The smallest absolute Gasteiger partial charge is 0.262 e. The third-order valence-corrected chi connectivity index (χ3v) is 4.31. The molecule has 0 aliphatic carbocycles. The molecule has 1 aliphatic heterocycles. The molecule has 25 heavy (non-hydrogen) atoms. The van der Waals surface area contributed by atoms with Crippen molar-refractivity contribution in [3.63, 3.8) is 0 Å². The van der Waals surface area contributed by atoms with E-state index in [1.807, 2.05) is 0 Å². The second-order valence-corrected chi connectivity index (χ2v) is 5.95. The first kappa shape index (κ1) is 17.0. The number of carbonyl (C=O) groups excluding carboxylic acids is 3. The number of halogens is 1. The Hall–Kier alpha value is -2.86. The van der Waals surface area contributed by atoms with Gasteiger partial charge in [0.1, 0.15) is 11.8 Å². The summed E-state index contributed by atoms with van der Waals surface area (Å²) in [6, 6.07) is 10.3. The van der Waals surface area contributed by atoms with Crippen LogP contribution in [-0.2, 0) is 4.79 Å². The molecule has 0 radical (unpaired) electrons. The minimum atomic E-state index is -0.965. The maximum absolute atomic E-state index is 12.5. The number of amides is 3. The molecule has 0 saturated heterocycles. The predicted molar refractivity (Wildman–Crippen MR) is 93.0 cm³/mol. The Balaban J connectivity index is 1.79. The van der Waals surface area contributed by atoms with Gasteiger partial charge in [0.2, 0.25) is 5.91 Å². The number of nitrogens with one attached hydrogen (secondary N) is 1. The van der Waals surface area contributed by atoms with E-state index < -0.39 is 23.8 Å². The maximum atomic E-state index is 12.5. The van der Waals surface area contributed by atoms with E-state index in [2.05, 4.69) is 5.32 Å². The number of methoxy groups -OCH3 is 1. The van der Waals surface area contributed by atoms with Gasteiger partial charge in [-0.3, -0.25) is 19.3 Å². The fourth-order valence-corrected chi connectivity index (χ4v) is 2.93. The zero-order valence-electron chi connectivity index (χ0n) is 13.6. The molecule has 2 aromatic carbocycles. The first-order chi connectivity index (χ1) is 11.9. The molecule has 3 rings (SSSR count). The van der Waals surface area contributed by atoms with Crippen LogP contribution in [0.25, 0.3) is 0 Å². The summed E-state index contributed by atoms with van der Waals surface area (Å²) in [7, 11) is 1.49. The molecule has 7 heteroatoms. The Morgan fingerprint density at radius 2 is 1.72 bits per heavy atom. The lowest BCUT2D eigenvalue weighted by Crippen LogP contribution is -2.45. The molecule has 0 fully saturated rings. The average molecular weight is 359 g/mol. The summed E-state index contributed by atoms with van der Waals surface area (Å²) in [5.41, 5.74) is 1.05. The molecular formula is C18H15ClN2O4. The second kappa shape index (κ2) is 6.57. The first-order valence-electron chi connectivity index (χ1n) is 7.55. The monoisotopic (exact) mass is 358 g/mol. The zero-order valence-corrected chi connectivity index (χ0v) is 14.3. The number of imide groups is 1. The number of ether oxygens (including phenoxy) is 1. The topological polar surface area (TPSA) is 75.7 Å². The third kappa shape index (κ3) is 2.96. The summed E-state index contributed by atoms with van der Waals surface area (Å²) >= 11 is 6.03. The molecule has 0 aromatic heterocycles. The zero-order chi connectivity index (χ0) is 18.1. The Morgan fingerprint density at radius 3 is 2.24 bits per heavy atom. The molecule has 2 aromatic rings. The molecule has 0 bridgehead atoms. The Kier molecular flexibility index (Phi) is 4.46. The minimum Gasteiger partial charge on any atom is -0.495 e. The van der Waals surface area contributed by atoms with E-state index in [-0.39, 0.29) is 0 Å². The number of hydrogen-bond acceptors (Lipinski definition) is 4. The quantitative estimate of drug-likeness (QED) is 0.852. The van der Waals surface area contributed by atoms with Crippen molar-refractivity contribution < 1.29 is 19.1 Å². The van der Waals surface area contributed by atoms with Gasteiger partial charge in [-0.2, -0.15) is 0 Å². The number of hydrogen-bond donors (Lipinski definition) is 1. The number of fused-ring (bicyclic) bond motifs is 1. The summed E-state index contributed by atoms with van der Waals surface area (Å²) in [6.45, 7) is 1.50. The van der Waals surface area contributed by atoms with Crippen molar-refractivity contribution >= 4 is 35.0 Å². The van der Waals surface area contributed by atoms with Crippen molar-refractivity contribution in [3.05, 3.63) is 58.6 Å². The molecule has 1 aliphatic rings. The van der Waals surface area contributed by atoms with Gasteiger partial charge in [-0.25, -0.2) is 0 Å². The van der Waals surface area contributed by atoms with E-state index in [0.29, 0.717) is 27.6 Å². The number of rotatable bonds is 4. The van der Waals surface area contributed by atoms with Crippen LogP contribution >= 0.6 is 11.6 Å². The number of carbonyl (C=O) groups is 3. The van der Waals surface area contributed by atoms with E-state index in [9.17, 15) is 14.4 Å². The van der Waals surface area contributed by atoms with Crippen molar-refractivity contribution in [1.82, 2.24) is 4.90 Å². The van der Waals surface area contributed by atoms with E-state index >= 15 is 0 Å². The molecule has 3 amide bonds. The molecule has 128 valence electrons. The number of anilines is 1. The second-order valence-electron chi connectivity index (χ2n) is 5.54. The van der Waals surface area contributed by atoms with E-state index in [1.54, 1.807) is 36.4 Å². The van der Waals surface area contributed by atoms with Crippen LogP contribution in [0.5, 0.6) is 5.75 Å². The molecule has 0 saturated carbocycles. The summed E-state index contributed by atoms with van der Waals surface area (Å²) < 4.78 is 5.06. The maximum Gasteiger partial charge on any atom is 0.262 e. The van der Waals surface area contributed by atoms with Crippen LogP contribution in [0.15, 0.2) is 42.5 Å². The predicted octanol–water partition coefficient (Wildman–Crippen LogP) is 2.97. The van der Waals surface area contributed by atoms with Crippen LogP contribution < -0.4 is 10.1 Å². The van der Waals surface area contributed by atoms with E-state index in [4.69, 9.17) is 16.3 Å². The Morgan fingerprint density at radius 1 is 1.12 bits per heavy atom. The minimum absolute atomic E-state index is 0.305. The van der Waals surface area contributed by atoms with Crippen LogP contribution in [-0.4, -0.2) is 35.8 Å². The van der Waals surface area contributed by atoms with Crippen LogP contribution in [0.1, 0.15) is 27.6 Å². The lowest BCUT2D eigenvalue weighted by atomic mass is 10.1. The molecule has 0 unspecified atom stereocenters. The molecule has 6 nitrogen and oxygen atoms in total. The average Bonchev–Trinajstić information content (AvgIpc) is 2.86. The standard InChI is InChI=1S/C18H15ClN2O4/c1-10(16(22)20-11-7-8-15(25-2)14(19)9-11)21-17(23)12-5-3-4-6-13(12)18(21)24/h3-10H,1-2H3,(H,20,22)/t10-/m0/s1. The van der Waals surface area contributed by atoms with Gasteiger partial charge in [0.15, 0.2) is 0 Å². The molecule has 1 heterocycles. The number of nitrogens with zero attached hydrogens (tertiary/aromatic N) is 1.